The molecule has 0 radical (unpaired) electrons. The molecule has 0 saturated carbocycles. The van der Waals surface area contributed by atoms with Crippen LogP contribution in [0.1, 0.15) is 52.9 Å². The van der Waals surface area contributed by atoms with E-state index >= 15 is 0 Å². The van der Waals surface area contributed by atoms with Crippen molar-refractivity contribution in [2.45, 2.75) is 58.4 Å². The first-order chi connectivity index (χ1) is 9.21. The van der Waals surface area contributed by atoms with E-state index in [0.29, 0.717) is 6.61 Å². The van der Waals surface area contributed by atoms with Gasteiger partial charge < -0.3 is 10.1 Å². The fourth-order valence-electron chi connectivity index (χ4n) is 3.14. The second-order valence-electron chi connectivity index (χ2n) is 5.34. The number of ether oxygens (including phenoxy) is 1. The quantitative estimate of drug-likeness (QED) is 0.720. The summed E-state index contributed by atoms with van der Waals surface area (Å²) >= 11 is 0. The summed E-state index contributed by atoms with van der Waals surface area (Å²) in [5, 5.41) is 3.41. The van der Waals surface area contributed by atoms with Crippen molar-refractivity contribution >= 4 is 5.97 Å². The molecule has 1 heterocycles. The fraction of sp³-hybridized carbons (Fsp3) is 0.933. The summed E-state index contributed by atoms with van der Waals surface area (Å²) in [5.74, 6) is -0.0133. The van der Waals surface area contributed by atoms with Gasteiger partial charge >= 0.3 is 5.97 Å². The Bertz CT molecular complexity index is 255. The zero-order valence-electron chi connectivity index (χ0n) is 12.8. The van der Waals surface area contributed by atoms with E-state index in [9.17, 15) is 4.79 Å². The molecule has 1 fully saturated rings. The van der Waals surface area contributed by atoms with Crippen LogP contribution in [0.5, 0.6) is 0 Å². The molecule has 0 aromatic rings. The van der Waals surface area contributed by atoms with E-state index in [1.54, 1.807) is 0 Å². The molecule has 0 aliphatic carbocycles. The Kier molecular flexibility index (Phi) is 7.39. The lowest BCUT2D eigenvalue weighted by Crippen LogP contribution is -2.56. The maximum Gasteiger partial charge on any atom is 0.326 e. The summed E-state index contributed by atoms with van der Waals surface area (Å²) in [6.07, 6.45) is 4.94. The smallest absolute Gasteiger partial charge is 0.326 e. The number of hydrogen-bond donors (Lipinski definition) is 1. The third kappa shape index (κ3) is 4.18. The third-order valence-electron chi connectivity index (χ3n) is 3.93. The summed E-state index contributed by atoms with van der Waals surface area (Å²) in [6, 6.07) is 0. The second-order valence-corrected chi connectivity index (χ2v) is 5.34. The van der Waals surface area contributed by atoms with Gasteiger partial charge in [0.15, 0.2) is 0 Å². The van der Waals surface area contributed by atoms with Crippen LogP contribution >= 0.6 is 0 Å². The van der Waals surface area contributed by atoms with Crippen molar-refractivity contribution in [3.8, 4) is 0 Å². The Morgan fingerprint density at radius 1 is 1.16 bits per heavy atom. The first-order valence-corrected chi connectivity index (χ1v) is 7.84. The zero-order valence-corrected chi connectivity index (χ0v) is 12.8. The first-order valence-electron chi connectivity index (χ1n) is 7.84. The number of nitrogens with zero attached hydrogens (tertiary/aromatic N) is 1. The SMILES string of the molecule is CCCC(CCC)(C(=O)OCC)N1CCCNCC1. The average Bonchev–Trinajstić information content (AvgIpc) is 2.67. The molecule has 4 nitrogen and oxygen atoms in total. The molecule has 0 aromatic carbocycles. The van der Waals surface area contributed by atoms with Crippen molar-refractivity contribution in [1.29, 1.82) is 0 Å². The van der Waals surface area contributed by atoms with E-state index in [2.05, 4.69) is 24.1 Å². The molecule has 1 rings (SSSR count). The lowest BCUT2D eigenvalue weighted by Gasteiger charge is -2.41. The maximum atomic E-state index is 12.6. The van der Waals surface area contributed by atoms with Gasteiger partial charge in [-0.1, -0.05) is 26.7 Å². The predicted molar refractivity (Wildman–Crippen MR) is 78.2 cm³/mol. The Hall–Kier alpha value is -0.610. The molecule has 4 heteroatoms. The zero-order chi connectivity index (χ0) is 14.1. The largest absolute Gasteiger partial charge is 0.465 e. The van der Waals surface area contributed by atoms with Crippen LogP contribution in [0, 0.1) is 0 Å². The van der Waals surface area contributed by atoms with E-state index < -0.39 is 5.54 Å². The average molecular weight is 270 g/mol. The topological polar surface area (TPSA) is 41.6 Å². The highest BCUT2D eigenvalue weighted by atomic mass is 16.5. The first kappa shape index (κ1) is 16.4. The standard InChI is InChI=1S/C15H30N2O2/c1-4-8-15(9-5-2,14(18)19-6-3)17-12-7-10-16-11-13-17/h16H,4-13H2,1-3H3. The number of rotatable bonds is 7. The minimum absolute atomic E-state index is 0.0133. The summed E-state index contributed by atoms with van der Waals surface area (Å²) in [5.41, 5.74) is -0.397. The van der Waals surface area contributed by atoms with E-state index in [1.165, 1.54) is 0 Å². The van der Waals surface area contributed by atoms with Gasteiger partial charge in [0, 0.05) is 19.6 Å². The van der Waals surface area contributed by atoms with Crippen LogP contribution in [0.3, 0.4) is 0 Å². The molecule has 1 aliphatic heterocycles. The number of hydrogen-bond acceptors (Lipinski definition) is 4. The van der Waals surface area contributed by atoms with Gasteiger partial charge in [0.25, 0.3) is 0 Å². The Labute approximate surface area is 117 Å². The van der Waals surface area contributed by atoms with Crippen molar-refractivity contribution in [2.75, 3.05) is 32.8 Å². The molecule has 1 aliphatic rings. The number of carbonyl (C=O) groups excluding carboxylic acids is 1. The minimum Gasteiger partial charge on any atom is -0.465 e. The van der Waals surface area contributed by atoms with Crippen LogP contribution in [-0.4, -0.2) is 49.2 Å². The van der Waals surface area contributed by atoms with Gasteiger partial charge in [-0.25, -0.2) is 0 Å². The van der Waals surface area contributed by atoms with Gasteiger partial charge in [0.05, 0.1) is 6.61 Å². The molecule has 1 saturated heterocycles. The molecule has 1 N–H and O–H groups in total. The van der Waals surface area contributed by atoms with Crippen LogP contribution in [0.4, 0.5) is 0 Å². The van der Waals surface area contributed by atoms with Gasteiger partial charge in [-0.3, -0.25) is 9.69 Å². The van der Waals surface area contributed by atoms with E-state index in [0.717, 1.165) is 58.3 Å². The Morgan fingerprint density at radius 3 is 2.42 bits per heavy atom. The van der Waals surface area contributed by atoms with Gasteiger partial charge in [-0.2, -0.15) is 0 Å². The summed E-state index contributed by atoms with van der Waals surface area (Å²) in [6.45, 7) is 10.6. The molecular formula is C15H30N2O2. The lowest BCUT2D eigenvalue weighted by atomic mass is 9.86. The van der Waals surface area contributed by atoms with Crippen LogP contribution in [0.15, 0.2) is 0 Å². The molecule has 19 heavy (non-hydrogen) atoms. The lowest BCUT2D eigenvalue weighted by molar-refractivity contribution is -0.159. The van der Waals surface area contributed by atoms with Gasteiger partial charge in [0.1, 0.15) is 5.54 Å². The number of esters is 1. The highest BCUT2D eigenvalue weighted by molar-refractivity contribution is 5.81. The van der Waals surface area contributed by atoms with Gasteiger partial charge in [0.2, 0.25) is 0 Å². The van der Waals surface area contributed by atoms with Crippen LogP contribution in [0.25, 0.3) is 0 Å². The fourth-order valence-corrected chi connectivity index (χ4v) is 3.14. The Balaban J connectivity index is 2.94. The van der Waals surface area contributed by atoms with Crippen molar-refractivity contribution < 1.29 is 9.53 Å². The molecule has 0 amide bonds. The monoisotopic (exact) mass is 270 g/mol. The van der Waals surface area contributed by atoms with Crippen molar-refractivity contribution in [1.82, 2.24) is 10.2 Å². The van der Waals surface area contributed by atoms with Gasteiger partial charge in [-0.15, -0.1) is 0 Å². The normalized spacial score (nSPS) is 18.1. The molecule has 0 bridgehead atoms. The van der Waals surface area contributed by atoms with E-state index in [1.807, 2.05) is 6.92 Å². The minimum atomic E-state index is -0.397. The van der Waals surface area contributed by atoms with Crippen LogP contribution in [-0.2, 0) is 9.53 Å². The summed E-state index contributed by atoms with van der Waals surface area (Å²) < 4.78 is 5.41. The molecular weight excluding hydrogens is 240 g/mol. The molecule has 0 atom stereocenters. The summed E-state index contributed by atoms with van der Waals surface area (Å²) in [4.78, 5) is 14.9. The van der Waals surface area contributed by atoms with Crippen molar-refractivity contribution in [3.63, 3.8) is 0 Å². The van der Waals surface area contributed by atoms with E-state index in [4.69, 9.17) is 4.74 Å². The maximum absolute atomic E-state index is 12.6. The molecule has 112 valence electrons. The molecule has 0 unspecified atom stereocenters. The van der Waals surface area contributed by atoms with Crippen molar-refractivity contribution in [2.24, 2.45) is 0 Å². The van der Waals surface area contributed by atoms with Crippen molar-refractivity contribution in [3.05, 3.63) is 0 Å². The number of carbonyl (C=O) groups is 1. The highest BCUT2D eigenvalue weighted by Crippen LogP contribution is 2.29. The third-order valence-corrected chi connectivity index (χ3v) is 3.93. The van der Waals surface area contributed by atoms with Crippen LogP contribution in [0.2, 0.25) is 0 Å². The Morgan fingerprint density at radius 2 is 1.84 bits per heavy atom. The predicted octanol–water partition coefficient (Wildman–Crippen LogP) is 2.18. The van der Waals surface area contributed by atoms with Gasteiger partial charge in [-0.05, 0) is 32.7 Å². The molecule has 0 aromatic heterocycles. The highest BCUT2D eigenvalue weighted by Gasteiger charge is 2.43. The summed E-state index contributed by atoms with van der Waals surface area (Å²) in [7, 11) is 0. The van der Waals surface area contributed by atoms with Crippen LogP contribution < -0.4 is 5.32 Å². The molecule has 0 spiro atoms. The van der Waals surface area contributed by atoms with E-state index in [-0.39, 0.29) is 5.97 Å². The second kappa shape index (κ2) is 8.54. The number of nitrogens with one attached hydrogen (secondary N) is 1.